The summed E-state index contributed by atoms with van der Waals surface area (Å²) in [5.41, 5.74) is -0.312. The van der Waals surface area contributed by atoms with E-state index >= 15 is 0 Å². The second kappa shape index (κ2) is 10.5. The minimum atomic E-state index is -1.15. The van der Waals surface area contributed by atoms with Gasteiger partial charge >= 0.3 is 5.97 Å². The van der Waals surface area contributed by atoms with Crippen LogP contribution in [0.4, 0.5) is 4.39 Å². The Morgan fingerprint density at radius 1 is 1.06 bits per heavy atom. The minimum absolute atomic E-state index is 0.0333. The van der Waals surface area contributed by atoms with Crippen molar-refractivity contribution >= 4 is 11.9 Å². The number of hydrogen-bond donors (Lipinski definition) is 4. The van der Waals surface area contributed by atoms with Crippen LogP contribution >= 0.6 is 0 Å². The van der Waals surface area contributed by atoms with Crippen LogP contribution in [0.2, 0.25) is 0 Å². The lowest BCUT2D eigenvalue weighted by molar-refractivity contribution is -0.207. The number of carboxylic acid groups (broad SMARTS) is 1. The topological polar surface area (TPSA) is 118 Å². The van der Waals surface area contributed by atoms with Gasteiger partial charge in [0.25, 0.3) is 0 Å². The van der Waals surface area contributed by atoms with Crippen molar-refractivity contribution < 1.29 is 34.4 Å². The zero-order valence-electron chi connectivity index (χ0n) is 22.1. The summed E-state index contributed by atoms with van der Waals surface area (Å²) in [5.74, 6) is -0.264. The molecule has 0 aromatic heterocycles. The lowest BCUT2D eigenvalue weighted by Crippen LogP contribution is -2.62. The average Bonchev–Trinajstić information content (AvgIpc) is 3.17. The van der Waals surface area contributed by atoms with E-state index in [1.807, 2.05) is 0 Å². The summed E-state index contributed by atoms with van der Waals surface area (Å²) < 4.78 is 12.8. The highest BCUT2D eigenvalue weighted by molar-refractivity contribution is 5.81. The Balaban J connectivity index is 1.48. The Kier molecular flexibility index (Phi) is 8.09. The number of nitrogens with zero attached hydrogens (tertiary/aromatic N) is 1. The first-order valence-electron chi connectivity index (χ1n) is 14.0. The van der Waals surface area contributed by atoms with Crippen molar-refractivity contribution in [3.63, 3.8) is 0 Å². The van der Waals surface area contributed by atoms with Crippen LogP contribution in [0, 0.1) is 46.3 Å². The van der Waals surface area contributed by atoms with Gasteiger partial charge in [-0.1, -0.05) is 20.8 Å². The van der Waals surface area contributed by atoms with Crippen molar-refractivity contribution in [3.05, 3.63) is 0 Å². The van der Waals surface area contributed by atoms with Crippen molar-refractivity contribution in [1.29, 1.82) is 0 Å². The molecule has 0 radical (unpaired) electrons. The van der Waals surface area contributed by atoms with E-state index < -0.39 is 31.4 Å². The second-order valence-corrected chi connectivity index (χ2v) is 12.9. The Morgan fingerprint density at radius 3 is 2.44 bits per heavy atom. The molecule has 7 nitrogen and oxygen atoms in total. The summed E-state index contributed by atoms with van der Waals surface area (Å²) in [5, 5.41) is 42.4. The van der Waals surface area contributed by atoms with E-state index in [1.54, 1.807) is 0 Å². The number of rotatable bonds is 8. The number of carbonyl (C=O) groups excluding carboxylic acids is 1. The Hall–Kier alpha value is -1.25. The molecule has 4 aliphatic carbocycles. The van der Waals surface area contributed by atoms with Crippen LogP contribution in [0.3, 0.4) is 0 Å². The van der Waals surface area contributed by atoms with E-state index in [-0.39, 0.29) is 71.3 Å². The first-order chi connectivity index (χ1) is 16.9. The molecule has 4 fully saturated rings. The number of aliphatic hydroxyl groups is 3. The van der Waals surface area contributed by atoms with E-state index in [0.29, 0.717) is 12.8 Å². The molecule has 0 bridgehead atoms. The fraction of sp³-hybridized carbons (Fsp3) is 0.929. The first kappa shape index (κ1) is 27.8. The molecule has 5 unspecified atom stereocenters. The number of carboxylic acids is 1. The van der Waals surface area contributed by atoms with Gasteiger partial charge in [-0.05, 0) is 97.7 Å². The second-order valence-electron chi connectivity index (χ2n) is 12.9. The van der Waals surface area contributed by atoms with Crippen LogP contribution in [0.5, 0.6) is 0 Å². The molecule has 0 aromatic carbocycles. The summed E-state index contributed by atoms with van der Waals surface area (Å²) in [6.45, 7) is 5.14. The van der Waals surface area contributed by atoms with Gasteiger partial charge in [-0.15, -0.1) is 0 Å². The number of aliphatic hydroxyl groups excluding tert-OH is 3. The summed E-state index contributed by atoms with van der Waals surface area (Å²) >= 11 is 0. The largest absolute Gasteiger partial charge is 0.480 e. The van der Waals surface area contributed by atoms with Gasteiger partial charge in [0.1, 0.15) is 13.2 Å². The average molecular weight is 511 g/mol. The highest BCUT2D eigenvalue weighted by Gasteiger charge is 2.65. The van der Waals surface area contributed by atoms with Gasteiger partial charge in [0.05, 0.1) is 18.3 Å². The van der Waals surface area contributed by atoms with Crippen molar-refractivity contribution in [1.82, 2.24) is 4.90 Å². The molecule has 36 heavy (non-hydrogen) atoms. The molecule has 0 aromatic rings. The molecule has 8 heteroatoms. The molecule has 0 spiro atoms. The molecule has 11 atom stereocenters. The van der Waals surface area contributed by atoms with Crippen LogP contribution in [0.15, 0.2) is 0 Å². The predicted octanol–water partition coefficient (Wildman–Crippen LogP) is 3.25. The van der Waals surface area contributed by atoms with Gasteiger partial charge < -0.3 is 25.3 Å². The molecule has 0 aliphatic heterocycles. The van der Waals surface area contributed by atoms with Crippen LogP contribution in [0.1, 0.15) is 78.6 Å². The third-order valence-electron chi connectivity index (χ3n) is 11.4. The van der Waals surface area contributed by atoms with Gasteiger partial charge in [0.15, 0.2) is 0 Å². The normalized spacial score (nSPS) is 44.8. The van der Waals surface area contributed by atoms with Crippen LogP contribution < -0.4 is 0 Å². The minimum Gasteiger partial charge on any atom is -0.480 e. The van der Waals surface area contributed by atoms with Gasteiger partial charge in [0.2, 0.25) is 5.91 Å². The van der Waals surface area contributed by atoms with E-state index in [9.17, 15) is 29.3 Å². The molecular formula is C28H46FNO6. The Morgan fingerprint density at radius 2 is 1.78 bits per heavy atom. The SMILES string of the molecule is C[C@H](CCC(=O)N(CC[18F])CC(=O)O)[C@H]1CCC2C3C(O)CC4C[C@H](O)CC[C@]4(C)C3C[C@H](O)[C@@]21C. The zero-order valence-corrected chi connectivity index (χ0v) is 22.1. The Bertz CT molecular complexity index is 826. The highest BCUT2D eigenvalue weighted by Crippen LogP contribution is 2.68. The van der Waals surface area contributed by atoms with E-state index in [4.69, 9.17) is 5.11 Å². The number of hydrogen-bond acceptors (Lipinski definition) is 5. The molecule has 4 N–H and O–H groups in total. The van der Waals surface area contributed by atoms with E-state index in [2.05, 4.69) is 20.8 Å². The molecule has 4 saturated carbocycles. The van der Waals surface area contributed by atoms with Gasteiger partial charge in [0, 0.05) is 13.0 Å². The van der Waals surface area contributed by atoms with Gasteiger partial charge in [-0.25, -0.2) is 4.39 Å². The first-order valence-corrected chi connectivity index (χ1v) is 14.0. The van der Waals surface area contributed by atoms with Gasteiger partial charge in [-0.3, -0.25) is 9.59 Å². The number of carbonyl (C=O) groups is 2. The summed E-state index contributed by atoms with van der Waals surface area (Å²) in [6, 6.07) is 0. The van der Waals surface area contributed by atoms with E-state index in [1.165, 1.54) is 0 Å². The van der Waals surface area contributed by atoms with Crippen molar-refractivity contribution in [2.75, 3.05) is 19.8 Å². The maximum absolute atomic E-state index is 12.8. The lowest BCUT2D eigenvalue weighted by atomic mass is 9.43. The molecule has 206 valence electrons. The molecule has 0 heterocycles. The standard InChI is InChI=1S/C28H46FNO6/c1-16(4-7-24(34)30(11-10-29)15-25(35)36)19-5-6-20-26-21(14-23(33)28(19,20)3)27(2)9-8-18(31)12-17(27)13-22(26)32/h16-23,26,31-33H,4-15H2,1-3H3,(H,35,36)/t16-,17?,18-,19-,20?,21?,22?,23+,26?,27+,28-/m1/s1/i29-1. The quantitative estimate of drug-likeness (QED) is 0.398. The Labute approximate surface area is 214 Å². The van der Waals surface area contributed by atoms with Crippen LogP contribution in [0.25, 0.3) is 0 Å². The van der Waals surface area contributed by atoms with Crippen molar-refractivity contribution in [2.45, 2.75) is 96.9 Å². The van der Waals surface area contributed by atoms with E-state index in [0.717, 1.165) is 43.4 Å². The number of alkyl halides is 1. The summed E-state index contributed by atoms with van der Waals surface area (Å²) in [6.07, 6.45) is 5.28. The number of halogens is 1. The monoisotopic (exact) mass is 510 g/mol. The summed E-state index contributed by atoms with van der Waals surface area (Å²) in [7, 11) is 0. The predicted molar refractivity (Wildman–Crippen MR) is 133 cm³/mol. The number of amides is 1. The van der Waals surface area contributed by atoms with Crippen molar-refractivity contribution in [2.24, 2.45) is 46.3 Å². The fourth-order valence-electron chi connectivity index (χ4n) is 9.40. The molecule has 4 aliphatic rings. The smallest absolute Gasteiger partial charge is 0.323 e. The lowest BCUT2D eigenvalue weighted by Gasteiger charge is -2.63. The van der Waals surface area contributed by atoms with Gasteiger partial charge in [-0.2, -0.15) is 0 Å². The van der Waals surface area contributed by atoms with Crippen LogP contribution in [-0.2, 0) is 9.59 Å². The molecule has 0 saturated heterocycles. The molecule has 1 amide bonds. The highest BCUT2D eigenvalue weighted by atomic mass is 18.2. The maximum Gasteiger partial charge on any atom is 0.323 e. The van der Waals surface area contributed by atoms with Crippen molar-refractivity contribution in [3.8, 4) is 0 Å². The number of aliphatic carboxylic acids is 1. The summed E-state index contributed by atoms with van der Waals surface area (Å²) in [4.78, 5) is 24.8. The van der Waals surface area contributed by atoms with Crippen LogP contribution in [-0.4, -0.2) is 75.3 Å². The third kappa shape index (κ3) is 4.71. The zero-order chi connectivity index (χ0) is 26.4. The third-order valence-corrected chi connectivity index (χ3v) is 11.4. The fourth-order valence-corrected chi connectivity index (χ4v) is 9.40. The molecule has 4 rings (SSSR count). The maximum atomic E-state index is 12.8. The number of fused-ring (bicyclic) bond motifs is 5. The molecular weight excluding hydrogens is 464 g/mol.